The van der Waals surface area contributed by atoms with Gasteiger partial charge in [-0.05, 0) is 12.3 Å². The molecule has 0 fully saturated rings. The first kappa shape index (κ1) is 12.9. The molecule has 0 amide bonds. The minimum Gasteiger partial charge on any atom is -0.502 e. The Kier molecular flexibility index (Phi) is 3.62. The molecule has 0 atom stereocenters. The molecule has 1 N–H and O–H groups in total. The minimum atomic E-state index is -0.725. The van der Waals surface area contributed by atoms with E-state index in [4.69, 9.17) is 0 Å². The average molecular weight is 240 g/mol. The number of nitro groups is 2. The van der Waals surface area contributed by atoms with Crippen molar-refractivity contribution >= 4 is 11.4 Å². The number of phenols is 1. The van der Waals surface area contributed by atoms with Crippen molar-refractivity contribution in [1.82, 2.24) is 0 Å². The molecule has 0 saturated heterocycles. The zero-order valence-corrected chi connectivity index (χ0v) is 9.41. The summed E-state index contributed by atoms with van der Waals surface area (Å²) < 4.78 is 0. The van der Waals surface area contributed by atoms with Crippen molar-refractivity contribution in [2.24, 2.45) is 5.92 Å². The quantitative estimate of drug-likeness (QED) is 0.642. The lowest BCUT2D eigenvalue weighted by molar-refractivity contribution is -0.390. The van der Waals surface area contributed by atoms with Crippen LogP contribution < -0.4 is 0 Å². The number of non-ortho nitro benzene ring substituents is 1. The topological polar surface area (TPSA) is 107 Å². The van der Waals surface area contributed by atoms with Crippen LogP contribution in [0, 0.1) is 26.1 Å². The van der Waals surface area contributed by atoms with Crippen LogP contribution in [0.1, 0.15) is 19.4 Å². The molecular formula is C10H12N2O5. The molecule has 1 aromatic rings. The van der Waals surface area contributed by atoms with E-state index >= 15 is 0 Å². The van der Waals surface area contributed by atoms with E-state index in [9.17, 15) is 25.3 Å². The average Bonchev–Trinajstić information content (AvgIpc) is 2.14. The predicted octanol–water partition coefficient (Wildman–Crippen LogP) is 2.41. The fraction of sp³-hybridized carbons (Fsp3) is 0.400. The predicted molar refractivity (Wildman–Crippen MR) is 60.0 cm³/mol. The van der Waals surface area contributed by atoms with Gasteiger partial charge in [0.1, 0.15) is 0 Å². The maximum Gasteiger partial charge on any atom is 0.314 e. The maximum absolute atomic E-state index is 10.8. The lowest BCUT2D eigenvalue weighted by Crippen LogP contribution is -2.02. The van der Waals surface area contributed by atoms with Crippen molar-refractivity contribution in [1.29, 1.82) is 0 Å². The molecule has 7 nitrogen and oxygen atoms in total. The number of nitrogens with zero attached hydrogens (tertiary/aromatic N) is 2. The molecule has 0 radical (unpaired) electrons. The Labute approximate surface area is 97.0 Å². The molecule has 17 heavy (non-hydrogen) atoms. The van der Waals surface area contributed by atoms with Gasteiger partial charge < -0.3 is 5.11 Å². The third-order valence-electron chi connectivity index (χ3n) is 2.18. The minimum absolute atomic E-state index is 0.0927. The van der Waals surface area contributed by atoms with E-state index in [2.05, 4.69) is 0 Å². The third kappa shape index (κ3) is 2.90. The van der Waals surface area contributed by atoms with Gasteiger partial charge in [0.05, 0.1) is 15.9 Å². The first-order valence-corrected chi connectivity index (χ1v) is 4.97. The van der Waals surface area contributed by atoms with Gasteiger partial charge in [-0.1, -0.05) is 13.8 Å². The van der Waals surface area contributed by atoms with E-state index in [1.807, 2.05) is 13.8 Å². The molecule has 0 unspecified atom stereocenters. The second-order valence-electron chi connectivity index (χ2n) is 4.08. The number of hydrogen-bond donors (Lipinski definition) is 1. The van der Waals surface area contributed by atoms with Crippen molar-refractivity contribution in [3.05, 3.63) is 37.9 Å². The van der Waals surface area contributed by atoms with Crippen LogP contribution in [0.15, 0.2) is 12.1 Å². The molecule has 0 aromatic heterocycles. The van der Waals surface area contributed by atoms with Gasteiger partial charge >= 0.3 is 5.69 Å². The molecule has 7 heteroatoms. The maximum atomic E-state index is 10.8. The lowest BCUT2D eigenvalue weighted by atomic mass is 10.0. The zero-order valence-electron chi connectivity index (χ0n) is 9.41. The van der Waals surface area contributed by atoms with Crippen LogP contribution in [0.5, 0.6) is 5.75 Å². The van der Waals surface area contributed by atoms with E-state index in [1.54, 1.807) is 0 Å². The standard InChI is InChI=1S/C10H12N2O5/c1-6(2)3-7-4-8(11(14)15)5-9(13)10(7)12(16)17/h4-6,13H,3H2,1-2H3. The molecule has 0 bridgehead atoms. The molecular weight excluding hydrogens is 228 g/mol. The van der Waals surface area contributed by atoms with Crippen LogP contribution in [0.2, 0.25) is 0 Å². The van der Waals surface area contributed by atoms with E-state index in [0.29, 0.717) is 6.42 Å². The molecule has 1 aromatic carbocycles. The summed E-state index contributed by atoms with van der Waals surface area (Å²) in [7, 11) is 0. The number of nitro benzene ring substituents is 2. The van der Waals surface area contributed by atoms with Crippen LogP contribution in [0.4, 0.5) is 11.4 Å². The van der Waals surface area contributed by atoms with Gasteiger partial charge in [-0.3, -0.25) is 20.2 Å². The largest absolute Gasteiger partial charge is 0.502 e. The summed E-state index contributed by atoms with van der Waals surface area (Å²) >= 11 is 0. The lowest BCUT2D eigenvalue weighted by Gasteiger charge is -2.07. The summed E-state index contributed by atoms with van der Waals surface area (Å²) in [6.07, 6.45) is 0.297. The highest BCUT2D eigenvalue weighted by Crippen LogP contribution is 2.35. The monoisotopic (exact) mass is 240 g/mol. The molecule has 1 rings (SSSR count). The van der Waals surface area contributed by atoms with Gasteiger partial charge in [-0.15, -0.1) is 0 Å². The molecule has 0 aliphatic rings. The van der Waals surface area contributed by atoms with Crippen LogP contribution >= 0.6 is 0 Å². The summed E-state index contributed by atoms with van der Waals surface area (Å²) in [6, 6.07) is 1.93. The van der Waals surface area contributed by atoms with Crippen LogP contribution in [-0.4, -0.2) is 15.0 Å². The number of hydrogen-bond acceptors (Lipinski definition) is 5. The Balaban J connectivity index is 3.39. The van der Waals surface area contributed by atoms with Crippen LogP contribution in [-0.2, 0) is 6.42 Å². The second kappa shape index (κ2) is 4.77. The fourth-order valence-corrected chi connectivity index (χ4v) is 1.57. The first-order chi connectivity index (χ1) is 7.82. The summed E-state index contributed by atoms with van der Waals surface area (Å²) in [4.78, 5) is 20.0. The fourth-order valence-electron chi connectivity index (χ4n) is 1.57. The normalized spacial score (nSPS) is 10.5. The SMILES string of the molecule is CC(C)Cc1cc([N+](=O)[O-])cc(O)c1[N+](=O)[O-]. The summed E-state index contributed by atoms with van der Waals surface area (Å²) in [5.41, 5.74) is -0.621. The summed E-state index contributed by atoms with van der Waals surface area (Å²) in [5.74, 6) is -0.574. The number of benzene rings is 1. The number of aromatic hydroxyl groups is 1. The van der Waals surface area contributed by atoms with E-state index in [-0.39, 0.29) is 17.2 Å². The highest BCUT2D eigenvalue weighted by molar-refractivity contribution is 5.58. The van der Waals surface area contributed by atoms with Gasteiger partial charge in [0.2, 0.25) is 5.75 Å². The Morgan fingerprint density at radius 1 is 1.24 bits per heavy atom. The van der Waals surface area contributed by atoms with Crippen LogP contribution in [0.3, 0.4) is 0 Å². The summed E-state index contributed by atoms with van der Waals surface area (Å²) in [5, 5.41) is 30.8. The summed E-state index contributed by atoms with van der Waals surface area (Å²) in [6.45, 7) is 3.67. The molecule has 0 spiro atoms. The third-order valence-corrected chi connectivity index (χ3v) is 2.18. The Morgan fingerprint density at radius 2 is 1.82 bits per heavy atom. The van der Waals surface area contributed by atoms with Crippen molar-refractivity contribution in [3.63, 3.8) is 0 Å². The Hall–Kier alpha value is -2.18. The van der Waals surface area contributed by atoms with E-state index in [0.717, 1.165) is 12.1 Å². The number of rotatable bonds is 4. The first-order valence-electron chi connectivity index (χ1n) is 4.97. The Bertz CT molecular complexity index is 470. The van der Waals surface area contributed by atoms with Gasteiger partial charge in [0.15, 0.2) is 0 Å². The van der Waals surface area contributed by atoms with Crippen LogP contribution in [0.25, 0.3) is 0 Å². The smallest absolute Gasteiger partial charge is 0.314 e. The van der Waals surface area contributed by atoms with Gasteiger partial charge in [-0.2, -0.15) is 0 Å². The van der Waals surface area contributed by atoms with Gasteiger partial charge in [-0.25, -0.2) is 0 Å². The highest BCUT2D eigenvalue weighted by Gasteiger charge is 2.24. The molecule has 0 aliphatic carbocycles. The van der Waals surface area contributed by atoms with Crippen molar-refractivity contribution < 1.29 is 15.0 Å². The molecule has 0 heterocycles. The molecule has 0 saturated carbocycles. The van der Waals surface area contributed by atoms with E-state index in [1.165, 1.54) is 0 Å². The van der Waals surface area contributed by atoms with Crippen molar-refractivity contribution in [2.45, 2.75) is 20.3 Å². The van der Waals surface area contributed by atoms with Crippen molar-refractivity contribution in [3.8, 4) is 5.75 Å². The molecule has 0 aliphatic heterocycles. The van der Waals surface area contributed by atoms with Gasteiger partial charge in [0.25, 0.3) is 5.69 Å². The second-order valence-corrected chi connectivity index (χ2v) is 4.08. The van der Waals surface area contributed by atoms with Crippen molar-refractivity contribution in [2.75, 3.05) is 0 Å². The highest BCUT2D eigenvalue weighted by atomic mass is 16.6. The zero-order chi connectivity index (χ0) is 13.2. The van der Waals surface area contributed by atoms with E-state index < -0.39 is 21.3 Å². The van der Waals surface area contributed by atoms with Gasteiger partial charge in [0, 0.05) is 11.6 Å². The molecule has 92 valence electrons. The Morgan fingerprint density at radius 3 is 2.24 bits per heavy atom. The number of phenolic OH excluding ortho intramolecular Hbond substituents is 1.